The third-order valence-electron chi connectivity index (χ3n) is 5.37. The first-order chi connectivity index (χ1) is 12.4. The second-order valence-corrected chi connectivity index (χ2v) is 7.17. The van der Waals surface area contributed by atoms with E-state index in [-0.39, 0.29) is 5.41 Å². The quantitative estimate of drug-likeness (QED) is 0.591. The minimum Gasteiger partial charge on any atom is -0.418 e. The number of nitrogens with two attached hydrogens (primary N) is 1. The molecule has 2 N–H and O–H groups in total. The van der Waals surface area contributed by atoms with Gasteiger partial charge in [-0.25, -0.2) is 0 Å². The first-order valence-electron chi connectivity index (χ1n) is 9.20. The molecular weight excluding hydrogens is 326 g/mol. The lowest BCUT2D eigenvalue weighted by Crippen LogP contribution is -2.40. The van der Waals surface area contributed by atoms with Crippen molar-refractivity contribution in [2.45, 2.75) is 58.4 Å². The normalized spacial score (nSPS) is 23.6. The van der Waals surface area contributed by atoms with E-state index >= 15 is 0 Å². The number of aromatic nitrogens is 2. The predicted octanol–water partition coefficient (Wildman–Crippen LogP) is 3.89. The number of aliphatic imine (C=N–C) groups is 1. The van der Waals surface area contributed by atoms with Crippen molar-refractivity contribution in [1.82, 2.24) is 15.1 Å². The molecule has 1 aromatic heterocycles. The minimum absolute atomic E-state index is 0.308. The van der Waals surface area contributed by atoms with Crippen LogP contribution in [0.1, 0.15) is 58.7 Å². The van der Waals surface area contributed by atoms with Crippen LogP contribution in [0.2, 0.25) is 0 Å². The molecule has 2 unspecified atom stereocenters. The number of hydrogen-bond acceptors (Lipinski definition) is 6. The first-order valence-corrected chi connectivity index (χ1v) is 9.20. The largest absolute Gasteiger partial charge is 0.418 e. The standard InChI is InChI=1S/C20H31N5O/c1-7-13-20(4,8-2)19-24-23-18(26-19)16(22-5)17(21)25(6)15-12-10-9-11-14(15)3/h7,9-10,13-15H,5,8,11-12,21H2,1-4,6H3/b13-7-,17-16-/t14?,15-,20?/m1/s1. The lowest BCUT2D eigenvalue weighted by atomic mass is 9.87. The summed E-state index contributed by atoms with van der Waals surface area (Å²) in [6.07, 6.45) is 11.3. The zero-order chi connectivity index (χ0) is 19.3. The van der Waals surface area contributed by atoms with E-state index in [0.29, 0.717) is 35.3 Å². The van der Waals surface area contributed by atoms with Gasteiger partial charge in [-0.1, -0.05) is 38.2 Å². The summed E-state index contributed by atoms with van der Waals surface area (Å²) >= 11 is 0. The Morgan fingerprint density at radius 1 is 1.46 bits per heavy atom. The van der Waals surface area contributed by atoms with Crippen molar-refractivity contribution >= 4 is 12.4 Å². The summed E-state index contributed by atoms with van der Waals surface area (Å²) in [6.45, 7) is 12.0. The van der Waals surface area contributed by atoms with Crippen molar-refractivity contribution < 1.29 is 4.42 Å². The third kappa shape index (κ3) is 3.89. The average molecular weight is 358 g/mol. The summed E-state index contributed by atoms with van der Waals surface area (Å²) < 4.78 is 5.95. The molecule has 0 fully saturated rings. The SMILES string of the molecule is C=N/C(=C(/N)N(C)[C@@H]1CC=CCC1C)c1nnc(C(C)(/C=C\C)CC)o1. The molecule has 2 rings (SSSR count). The lowest BCUT2D eigenvalue weighted by Gasteiger charge is -2.35. The van der Waals surface area contributed by atoms with E-state index in [0.717, 1.165) is 19.3 Å². The highest BCUT2D eigenvalue weighted by Crippen LogP contribution is 2.31. The van der Waals surface area contributed by atoms with Crippen LogP contribution in [-0.4, -0.2) is 34.9 Å². The predicted molar refractivity (Wildman–Crippen MR) is 107 cm³/mol. The first kappa shape index (κ1) is 19.9. The molecule has 1 heterocycles. The molecule has 0 aromatic carbocycles. The Morgan fingerprint density at radius 3 is 2.73 bits per heavy atom. The van der Waals surface area contributed by atoms with Gasteiger partial charge in [0.05, 0.1) is 5.41 Å². The van der Waals surface area contributed by atoms with Crippen LogP contribution in [0.5, 0.6) is 0 Å². The Balaban J connectivity index is 2.37. The monoisotopic (exact) mass is 357 g/mol. The summed E-state index contributed by atoms with van der Waals surface area (Å²) in [7, 11) is 1.98. The van der Waals surface area contributed by atoms with Gasteiger partial charge in [0, 0.05) is 13.1 Å². The lowest BCUT2D eigenvalue weighted by molar-refractivity contribution is 0.221. The molecule has 0 amide bonds. The van der Waals surface area contributed by atoms with Crippen LogP contribution in [0.4, 0.5) is 0 Å². The van der Waals surface area contributed by atoms with Crippen molar-refractivity contribution in [3.63, 3.8) is 0 Å². The van der Waals surface area contributed by atoms with Crippen LogP contribution < -0.4 is 5.73 Å². The molecule has 0 saturated heterocycles. The summed E-state index contributed by atoms with van der Waals surface area (Å²) in [5.74, 6) is 1.87. The Labute approximate surface area is 156 Å². The van der Waals surface area contributed by atoms with Gasteiger partial charge in [0.2, 0.25) is 5.89 Å². The molecule has 0 bridgehead atoms. The fourth-order valence-electron chi connectivity index (χ4n) is 3.34. The molecule has 1 aliphatic carbocycles. The van der Waals surface area contributed by atoms with E-state index in [1.807, 2.05) is 24.9 Å². The van der Waals surface area contributed by atoms with Gasteiger partial charge in [0.1, 0.15) is 5.82 Å². The van der Waals surface area contributed by atoms with Gasteiger partial charge in [-0.15, -0.1) is 10.2 Å². The summed E-state index contributed by atoms with van der Waals surface area (Å²) in [5.41, 5.74) is 6.54. The fraction of sp³-hybridized carbons (Fsp3) is 0.550. The van der Waals surface area contributed by atoms with E-state index in [4.69, 9.17) is 10.2 Å². The van der Waals surface area contributed by atoms with Crippen molar-refractivity contribution in [2.75, 3.05) is 7.05 Å². The Hall–Kier alpha value is -2.37. The van der Waals surface area contributed by atoms with E-state index in [2.05, 4.69) is 60.9 Å². The van der Waals surface area contributed by atoms with Gasteiger partial charge in [-0.2, -0.15) is 0 Å². The van der Waals surface area contributed by atoms with Crippen molar-refractivity contribution in [2.24, 2.45) is 16.6 Å². The number of rotatable bonds is 7. The molecule has 6 heteroatoms. The zero-order valence-electron chi connectivity index (χ0n) is 16.6. The van der Waals surface area contributed by atoms with E-state index in [1.54, 1.807) is 0 Å². The second kappa shape index (κ2) is 8.34. The maximum Gasteiger partial charge on any atom is 0.270 e. The van der Waals surface area contributed by atoms with Crippen molar-refractivity contribution in [1.29, 1.82) is 0 Å². The van der Waals surface area contributed by atoms with Crippen LogP contribution in [0.25, 0.3) is 5.70 Å². The van der Waals surface area contributed by atoms with Gasteiger partial charge in [0.15, 0.2) is 5.70 Å². The van der Waals surface area contributed by atoms with Crippen LogP contribution in [-0.2, 0) is 5.41 Å². The molecule has 0 spiro atoms. The zero-order valence-corrected chi connectivity index (χ0v) is 16.6. The molecule has 0 saturated carbocycles. The topological polar surface area (TPSA) is 80.5 Å². The van der Waals surface area contributed by atoms with Crippen LogP contribution in [0.15, 0.2) is 39.5 Å². The number of allylic oxidation sites excluding steroid dienone is 3. The van der Waals surface area contributed by atoms with E-state index in [1.165, 1.54) is 0 Å². The van der Waals surface area contributed by atoms with Gasteiger partial charge in [-0.3, -0.25) is 4.99 Å². The highest BCUT2D eigenvalue weighted by molar-refractivity contribution is 5.64. The molecule has 0 radical (unpaired) electrons. The van der Waals surface area contributed by atoms with Gasteiger partial charge >= 0.3 is 0 Å². The molecule has 6 nitrogen and oxygen atoms in total. The molecule has 0 aliphatic heterocycles. The maximum atomic E-state index is 6.41. The highest BCUT2D eigenvalue weighted by atomic mass is 16.4. The van der Waals surface area contributed by atoms with Gasteiger partial charge in [0.25, 0.3) is 5.89 Å². The summed E-state index contributed by atoms with van der Waals surface area (Å²) in [5, 5.41) is 8.43. The van der Waals surface area contributed by atoms with Crippen LogP contribution in [0.3, 0.4) is 0 Å². The molecule has 26 heavy (non-hydrogen) atoms. The third-order valence-corrected chi connectivity index (χ3v) is 5.37. The van der Waals surface area contributed by atoms with E-state index in [9.17, 15) is 0 Å². The van der Waals surface area contributed by atoms with Gasteiger partial charge in [-0.05, 0) is 45.7 Å². The molecule has 1 aromatic rings. The van der Waals surface area contributed by atoms with E-state index < -0.39 is 0 Å². The van der Waals surface area contributed by atoms with Crippen LogP contribution in [0, 0.1) is 5.92 Å². The summed E-state index contributed by atoms with van der Waals surface area (Å²) in [6, 6.07) is 0.308. The smallest absolute Gasteiger partial charge is 0.270 e. The molecule has 3 atom stereocenters. The summed E-state index contributed by atoms with van der Waals surface area (Å²) in [4.78, 5) is 6.15. The molecule has 1 aliphatic rings. The number of nitrogens with zero attached hydrogens (tertiary/aromatic N) is 4. The molecular formula is C20H31N5O. The van der Waals surface area contributed by atoms with Crippen molar-refractivity contribution in [3.8, 4) is 0 Å². The van der Waals surface area contributed by atoms with Gasteiger partial charge < -0.3 is 15.1 Å². The number of hydrogen-bond donors (Lipinski definition) is 1. The Bertz CT molecular complexity index is 718. The Morgan fingerprint density at radius 2 is 2.15 bits per heavy atom. The Kier molecular flexibility index (Phi) is 6.40. The molecule has 142 valence electrons. The fourth-order valence-corrected chi connectivity index (χ4v) is 3.34. The van der Waals surface area contributed by atoms with Crippen molar-refractivity contribution in [3.05, 3.63) is 41.9 Å². The second-order valence-electron chi connectivity index (χ2n) is 7.17. The highest BCUT2D eigenvalue weighted by Gasteiger charge is 2.30. The minimum atomic E-state index is -0.310. The van der Waals surface area contributed by atoms with Crippen LogP contribution >= 0.6 is 0 Å². The average Bonchev–Trinajstić information content (AvgIpc) is 3.12. The maximum absolute atomic E-state index is 6.41.